The SMILES string of the molecule is C/C=C(\C)C(=O)O[C@@H]1c2c(C)coc2CC2=CC[C@H](O)[C@H](C)[C@]21C. The molecule has 24 heavy (non-hydrogen) atoms. The molecule has 0 fully saturated rings. The highest BCUT2D eigenvalue weighted by atomic mass is 16.5. The summed E-state index contributed by atoms with van der Waals surface area (Å²) in [5.74, 6) is 0.545. The Hall–Kier alpha value is -1.81. The van der Waals surface area contributed by atoms with Crippen LogP contribution in [0.3, 0.4) is 0 Å². The predicted molar refractivity (Wildman–Crippen MR) is 91.4 cm³/mol. The van der Waals surface area contributed by atoms with Crippen LogP contribution in [-0.2, 0) is 16.0 Å². The zero-order chi connectivity index (χ0) is 17.6. The van der Waals surface area contributed by atoms with Crippen molar-refractivity contribution in [3.63, 3.8) is 0 Å². The van der Waals surface area contributed by atoms with E-state index in [-0.39, 0.29) is 11.9 Å². The summed E-state index contributed by atoms with van der Waals surface area (Å²) in [5, 5.41) is 10.4. The summed E-state index contributed by atoms with van der Waals surface area (Å²) in [6.45, 7) is 9.71. The van der Waals surface area contributed by atoms with E-state index in [1.54, 1.807) is 19.3 Å². The molecule has 0 aromatic carbocycles. The molecule has 1 aromatic rings. The maximum absolute atomic E-state index is 12.5. The number of hydrogen-bond donors (Lipinski definition) is 1. The molecular formula is C20H26O4. The molecule has 0 spiro atoms. The Kier molecular flexibility index (Phi) is 4.20. The van der Waals surface area contributed by atoms with Gasteiger partial charge in [-0.3, -0.25) is 0 Å². The molecule has 1 N–H and O–H groups in total. The van der Waals surface area contributed by atoms with Crippen LogP contribution in [0.1, 0.15) is 57.1 Å². The molecule has 4 nitrogen and oxygen atoms in total. The second kappa shape index (κ2) is 5.92. The van der Waals surface area contributed by atoms with Gasteiger partial charge in [0.05, 0.1) is 12.4 Å². The van der Waals surface area contributed by atoms with Crippen molar-refractivity contribution in [3.05, 3.63) is 46.4 Å². The number of ether oxygens (including phenoxy) is 1. The van der Waals surface area contributed by atoms with E-state index in [4.69, 9.17) is 9.15 Å². The molecule has 0 saturated carbocycles. The number of carbonyl (C=O) groups is 1. The van der Waals surface area contributed by atoms with E-state index in [0.717, 1.165) is 16.9 Å². The maximum Gasteiger partial charge on any atom is 0.334 e. The van der Waals surface area contributed by atoms with Crippen LogP contribution in [0.5, 0.6) is 0 Å². The largest absolute Gasteiger partial charge is 0.468 e. The lowest BCUT2D eigenvalue weighted by Gasteiger charge is -2.50. The van der Waals surface area contributed by atoms with Gasteiger partial charge in [0.25, 0.3) is 0 Å². The molecule has 1 heterocycles. The smallest absolute Gasteiger partial charge is 0.334 e. The number of allylic oxidation sites excluding steroid dienone is 1. The van der Waals surface area contributed by atoms with Crippen LogP contribution in [0.15, 0.2) is 34.0 Å². The van der Waals surface area contributed by atoms with Crippen molar-refractivity contribution < 1.29 is 19.1 Å². The molecule has 0 bridgehead atoms. The fourth-order valence-corrected chi connectivity index (χ4v) is 4.02. The third-order valence-electron chi connectivity index (χ3n) is 6.06. The number of hydrogen-bond acceptors (Lipinski definition) is 4. The summed E-state index contributed by atoms with van der Waals surface area (Å²) in [7, 11) is 0. The number of furan rings is 1. The van der Waals surface area contributed by atoms with Gasteiger partial charge in [0, 0.05) is 23.0 Å². The van der Waals surface area contributed by atoms with E-state index in [9.17, 15) is 9.90 Å². The lowest BCUT2D eigenvalue weighted by Crippen LogP contribution is -2.47. The van der Waals surface area contributed by atoms with Crippen LogP contribution in [0.4, 0.5) is 0 Å². The molecule has 130 valence electrons. The average Bonchev–Trinajstić information content (AvgIpc) is 2.93. The van der Waals surface area contributed by atoms with Gasteiger partial charge in [-0.25, -0.2) is 4.79 Å². The Bertz CT molecular complexity index is 724. The first-order valence-electron chi connectivity index (χ1n) is 8.59. The highest BCUT2D eigenvalue weighted by Gasteiger charge is 2.53. The van der Waals surface area contributed by atoms with Gasteiger partial charge in [-0.15, -0.1) is 0 Å². The monoisotopic (exact) mass is 330 g/mol. The van der Waals surface area contributed by atoms with Crippen LogP contribution in [0, 0.1) is 18.3 Å². The van der Waals surface area contributed by atoms with E-state index < -0.39 is 17.6 Å². The number of carbonyl (C=O) groups excluding carboxylic acids is 1. The van der Waals surface area contributed by atoms with E-state index in [0.29, 0.717) is 18.4 Å². The Morgan fingerprint density at radius 3 is 2.88 bits per heavy atom. The zero-order valence-corrected chi connectivity index (χ0v) is 15.1. The van der Waals surface area contributed by atoms with Gasteiger partial charge in [-0.1, -0.05) is 31.6 Å². The molecule has 2 aliphatic rings. The lowest BCUT2D eigenvalue weighted by molar-refractivity contribution is -0.156. The highest BCUT2D eigenvalue weighted by molar-refractivity contribution is 5.88. The average molecular weight is 330 g/mol. The van der Waals surface area contributed by atoms with Crippen molar-refractivity contribution in [1.82, 2.24) is 0 Å². The summed E-state index contributed by atoms with van der Waals surface area (Å²) < 4.78 is 11.7. The summed E-state index contributed by atoms with van der Waals surface area (Å²) in [4.78, 5) is 12.5. The standard InChI is InChI=1S/C20H26O4/c1-6-11(2)19(22)24-18-17-12(3)10-23-16(17)9-14-7-8-15(21)13(4)20(14,18)5/h6-7,10,13,15,18,21H,8-9H2,1-5H3/b11-6+/t13-,15-,18+,20+/m0/s1. The summed E-state index contributed by atoms with van der Waals surface area (Å²) >= 11 is 0. The van der Waals surface area contributed by atoms with Crippen molar-refractivity contribution in [2.45, 2.75) is 59.7 Å². The quantitative estimate of drug-likeness (QED) is 0.505. The molecule has 0 aliphatic heterocycles. The Morgan fingerprint density at radius 1 is 1.50 bits per heavy atom. The first kappa shape index (κ1) is 17.0. The molecule has 0 radical (unpaired) electrons. The van der Waals surface area contributed by atoms with Gasteiger partial charge >= 0.3 is 5.97 Å². The summed E-state index contributed by atoms with van der Waals surface area (Å²) in [6, 6.07) is 0. The van der Waals surface area contributed by atoms with Crippen LogP contribution in [0.25, 0.3) is 0 Å². The minimum absolute atomic E-state index is 0.0105. The summed E-state index contributed by atoms with van der Waals surface area (Å²) in [6.07, 6.45) is 6.05. The highest BCUT2D eigenvalue weighted by Crippen LogP contribution is 2.57. The Balaban J connectivity index is 2.13. The molecule has 0 amide bonds. The number of aliphatic hydroxyl groups is 1. The van der Waals surface area contributed by atoms with Gasteiger partial charge in [0.15, 0.2) is 0 Å². The molecular weight excluding hydrogens is 304 g/mol. The number of esters is 1. The van der Waals surface area contributed by atoms with Crippen LogP contribution in [-0.4, -0.2) is 17.2 Å². The predicted octanol–water partition coefficient (Wildman–Crippen LogP) is 4.03. The molecule has 2 aliphatic carbocycles. The third kappa shape index (κ3) is 2.35. The minimum atomic E-state index is -0.446. The topological polar surface area (TPSA) is 59.7 Å². The molecule has 1 aromatic heterocycles. The van der Waals surface area contributed by atoms with Crippen molar-refractivity contribution >= 4 is 5.97 Å². The molecule has 4 atom stereocenters. The van der Waals surface area contributed by atoms with E-state index in [1.165, 1.54) is 5.57 Å². The number of aliphatic hydroxyl groups excluding tert-OH is 1. The second-order valence-corrected chi connectivity index (χ2v) is 7.29. The molecule has 0 saturated heterocycles. The van der Waals surface area contributed by atoms with E-state index >= 15 is 0 Å². The van der Waals surface area contributed by atoms with E-state index in [2.05, 4.69) is 13.0 Å². The van der Waals surface area contributed by atoms with Crippen LogP contribution in [0.2, 0.25) is 0 Å². The van der Waals surface area contributed by atoms with Gasteiger partial charge in [0.2, 0.25) is 0 Å². The van der Waals surface area contributed by atoms with Crippen molar-refractivity contribution in [3.8, 4) is 0 Å². The van der Waals surface area contributed by atoms with Gasteiger partial charge in [-0.05, 0) is 38.7 Å². The Morgan fingerprint density at radius 2 is 2.21 bits per heavy atom. The van der Waals surface area contributed by atoms with Crippen LogP contribution >= 0.6 is 0 Å². The van der Waals surface area contributed by atoms with E-state index in [1.807, 2.05) is 20.8 Å². The van der Waals surface area contributed by atoms with Crippen molar-refractivity contribution in [2.24, 2.45) is 11.3 Å². The molecule has 4 heteroatoms. The number of rotatable bonds is 2. The minimum Gasteiger partial charge on any atom is -0.468 e. The van der Waals surface area contributed by atoms with Gasteiger partial charge < -0.3 is 14.3 Å². The first-order valence-corrected chi connectivity index (χ1v) is 8.59. The first-order chi connectivity index (χ1) is 11.3. The van der Waals surface area contributed by atoms with Crippen LogP contribution < -0.4 is 0 Å². The normalized spacial score (nSPS) is 32.7. The fraction of sp³-hybridized carbons (Fsp3) is 0.550. The zero-order valence-electron chi connectivity index (χ0n) is 15.1. The molecule has 0 unspecified atom stereocenters. The lowest BCUT2D eigenvalue weighted by atomic mass is 9.58. The number of aryl methyl sites for hydroxylation is 1. The summed E-state index contributed by atoms with van der Waals surface area (Å²) in [5.41, 5.74) is 3.31. The third-order valence-corrected chi connectivity index (χ3v) is 6.06. The molecule has 3 rings (SSSR count). The van der Waals surface area contributed by atoms with Gasteiger partial charge in [-0.2, -0.15) is 0 Å². The van der Waals surface area contributed by atoms with Crippen molar-refractivity contribution in [1.29, 1.82) is 0 Å². The maximum atomic E-state index is 12.5. The number of fused-ring (bicyclic) bond motifs is 2. The second-order valence-electron chi connectivity index (χ2n) is 7.29. The fourth-order valence-electron chi connectivity index (χ4n) is 4.02. The van der Waals surface area contributed by atoms with Crippen molar-refractivity contribution in [2.75, 3.05) is 0 Å². The van der Waals surface area contributed by atoms with Gasteiger partial charge in [0.1, 0.15) is 11.9 Å². The Labute approximate surface area is 143 Å².